The van der Waals surface area contributed by atoms with Gasteiger partial charge in [0.05, 0.1) is 22.0 Å². The van der Waals surface area contributed by atoms with Crippen LogP contribution in [-0.2, 0) is 0 Å². The molecule has 1 heterocycles. The Kier molecular flexibility index (Phi) is 5.68. The van der Waals surface area contributed by atoms with Crippen molar-refractivity contribution in [2.75, 3.05) is 5.01 Å². The van der Waals surface area contributed by atoms with Gasteiger partial charge in [-0.1, -0.05) is 41.7 Å². The van der Waals surface area contributed by atoms with Crippen molar-refractivity contribution in [1.82, 2.24) is 4.98 Å². The smallest absolute Gasteiger partial charge is 0.267 e. The molecule has 0 unspecified atom stereocenters. The molecule has 0 atom stereocenters. The lowest BCUT2D eigenvalue weighted by molar-refractivity contribution is 0.0987. The summed E-state index contributed by atoms with van der Waals surface area (Å²) in [5.41, 5.74) is 3.16. The minimum Gasteiger partial charge on any atom is -0.267 e. The van der Waals surface area contributed by atoms with Gasteiger partial charge in [-0.2, -0.15) is 10.1 Å². The van der Waals surface area contributed by atoms with Gasteiger partial charge < -0.3 is 0 Å². The van der Waals surface area contributed by atoms with Gasteiger partial charge in [0.1, 0.15) is 5.82 Å². The highest BCUT2D eigenvalue weighted by Gasteiger charge is 2.22. The van der Waals surface area contributed by atoms with Gasteiger partial charge in [0.15, 0.2) is 0 Å². The number of rotatable bonds is 4. The van der Waals surface area contributed by atoms with Gasteiger partial charge in [0.25, 0.3) is 5.91 Å². The molecule has 29 heavy (non-hydrogen) atoms. The minimum absolute atomic E-state index is 0.274. The van der Waals surface area contributed by atoms with E-state index in [0.717, 1.165) is 19.4 Å². The third kappa shape index (κ3) is 4.35. The Bertz CT molecular complexity index is 1220. The molecule has 4 aromatic rings. The van der Waals surface area contributed by atoms with Crippen molar-refractivity contribution in [1.29, 1.82) is 0 Å². The molecule has 0 saturated heterocycles. The number of benzene rings is 3. The van der Waals surface area contributed by atoms with Crippen LogP contribution in [0.1, 0.15) is 21.5 Å². The highest BCUT2D eigenvalue weighted by molar-refractivity contribution is 14.1. The quantitative estimate of drug-likeness (QED) is 0.189. The van der Waals surface area contributed by atoms with Crippen molar-refractivity contribution in [3.05, 3.63) is 92.8 Å². The minimum atomic E-state index is -0.324. The van der Waals surface area contributed by atoms with Crippen LogP contribution in [0.25, 0.3) is 10.2 Å². The summed E-state index contributed by atoms with van der Waals surface area (Å²) in [6, 6.07) is 19.2. The monoisotopic (exact) mass is 515 g/mol. The van der Waals surface area contributed by atoms with Crippen molar-refractivity contribution < 1.29 is 9.18 Å². The number of halogens is 2. The summed E-state index contributed by atoms with van der Waals surface area (Å²) in [7, 11) is 0. The molecule has 0 spiro atoms. The van der Waals surface area contributed by atoms with Gasteiger partial charge >= 0.3 is 0 Å². The zero-order chi connectivity index (χ0) is 20.4. The first-order valence-corrected chi connectivity index (χ1v) is 10.7. The maximum absolute atomic E-state index is 13.3. The number of carbonyl (C=O) groups is 1. The van der Waals surface area contributed by atoms with Gasteiger partial charge in [-0.05, 0) is 77.0 Å². The van der Waals surface area contributed by atoms with Crippen LogP contribution in [0, 0.1) is 16.3 Å². The van der Waals surface area contributed by atoms with Crippen LogP contribution in [0.3, 0.4) is 0 Å². The molecule has 3 aromatic carbocycles. The van der Waals surface area contributed by atoms with Crippen LogP contribution in [0.15, 0.2) is 71.8 Å². The van der Waals surface area contributed by atoms with E-state index in [-0.39, 0.29) is 11.7 Å². The Morgan fingerprint density at radius 3 is 2.66 bits per heavy atom. The Balaban J connectivity index is 1.78. The number of hydrazone groups is 1. The van der Waals surface area contributed by atoms with Gasteiger partial charge in [0, 0.05) is 3.57 Å². The number of anilines is 1. The molecule has 0 aliphatic carbocycles. The van der Waals surface area contributed by atoms with Gasteiger partial charge in [-0.3, -0.25) is 4.79 Å². The van der Waals surface area contributed by atoms with E-state index in [1.54, 1.807) is 18.2 Å². The molecule has 0 saturated carbocycles. The molecular formula is C22H15FIN3OS. The lowest BCUT2D eigenvalue weighted by Crippen LogP contribution is -2.26. The summed E-state index contributed by atoms with van der Waals surface area (Å²) in [6.07, 6.45) is 1.53. The summed E-state index contributed by atoms with van der Waals surface area (Å²) in [6.45, 7) is 2.01. The van der Waals surface area contributed by atoms with E-state index in [1.165, 1.54) is 34.7 Å². The van der Waals surface area contributed by atoms with E-state index >= 15 is 0 Å². The zero-order valence-electron chi connectivity index (χ0n) is 15.3. The van der Waals surface area contributed by atoms with Crippen molar-refractivity contribution in [2.24, 2.45) is 5.10 Å². The molecule has 0 N–H and O–H groups in total. The van der Waals surface area contributed by atoms with E-state index < -0.39 is 0 Å². The van der Waals surface area contributed by atoms with E-state index in [0.29, 0.717) is 16.3 Å². The van der Waals surface area contributed by atoms with Gasteiger partial charge in [0.2, 0.25) is 5.13 Å². The largest absolute Gasteiger partial charge is 0.281 e. The molecular weight excluding hydrogens is 500 g/mol. The average molecular weight is 515 g/mol. The first-order chi connectivity index (χ1) is 14.0. The molecule has 1 amide bonds. The Morgan fingerprint density at radius 1 is 1.14 bits per heavy atom. The molecule has 4 rings (SSSR count). The number of carbonyl (C=O) groups excluding carboxylic acids is 1. The number of nitrogens with zero attached hydrogens (tertiary/aromatic N) is 3. The number of aryl methyl sites for hydroxylation is 1. The molecule has 0 bridgehead atoms. The first-order valence-electron chi connectivity index (χ1n) is 8.77. The molecule has 0 aliphatic rings. The highest BCUT2D eigenvalue weighted by atomic mass is 127. The second kappa shape index (κ2) is 8.38. The number of amides is 1. The maximum Gasteiger partial charge on any atom is 0.281 e. The number of fused-ring (bicyclic) bond motifs is 1. The van der Waals surface area contributed by atoms with E-state index in [9.17, 15) is 9.18 Å². The number of thiazole rings is 1. The third-order valence-electron chi connectivity index (χ3n) is 4.20. The number of aromatic nitrogens is 1. The molecule has 0 aliphatic heterocycles. The lowest BCUT2D eigenvalue weighted by atomic mass is 10.2. The van der Waals surface area contributed by atoms with E-state index in [2.05, 4.69) is 32.7 Å². The third-order valence-corrected chi connectivity index (χ3v) is 6.14. The van der Waals surface area contributed by atoms with Crippen LogP contribution < -0.4 is 5.01 Å². The fraction of sp³-hybridized carbons (Fsp3) is 0.0455. The molecule has 0 fully saturated rings. The van der Waals surface area contributed by atoms with Gasteiger partial charge in [-0.25, -0.2) is 9.37 Å². The summed E-state index contributed by atoms with van der Waals surface area (Å²) in [4.78, 5) is 17.9. The fourth-order valence-corrected chi connectivity index (χ4v) is 4.36. The van der Waals surface area contributed by atoms with Crippen LogP contribution in [0.5, 0.6) is 0 Å². The van der Waals surface area contributed by atoms with Crippen LogP contribution in [0.4, 0.5) is 9.52 Å². The van der Waals surface area contributed by atoms with Crippen LogP contribution in [-0.4, -0.2) is 17.1 Å². The standard InChI is InChI=1S/C22H15FIN3OS/c1-14-6-11-19-20(12-14)29-22(26-19)27(21(28)17-4-2-3-5-18(17)24)25-13-15-7-9-16(23)10-8-15/h2-13H,1H3/b25-13+. The second-order valence-corrected chi connectivity index (χ2v) is 8.53. The summed E-state index contributed by atoms with van der Waals surface area (Å²) >= 11 is 3.54. The Hall–Kier alpha value is -2.65. The number of hydrogen-bond acceptors (Lipinski definition) is 4. The summed E-state index contributed by atoms with van der Waals surface area (Å²) in [5.74, 6) is -0.598. The Labute approximate surface area is 184 Å². The van der Waals surface area contributed by atoms with Crippen LogP contribution in [0.2, 0.25) is 0 Å². The van der Waals surface area contributed by atoms with Crippen molar-refractivity contribution in [3.63, 3.8) is 0 Å². The fourth-order valence-electron chi connectivity index (χ4n) is 2.72. The maximum atomic E-state index is 13.3. The van der Waals surface area contributed by atoms with Gasteiger partial charge in [-0.15, -0.1) is 0 Å². The predicted molar refractivity (Wildman–Crippen MR) is 124 cm³/mol. The SMILES string of the molecule is Cc1ccc2nc(N(/N=C/c3ccc(F)cc3)C(=O)c3ccccc3I)sc2c1. The van der Waals surface area contributed by atoms with Crippen molar-refractivity contribution in [3.8, 4) is 0 Å². The Morgan fingerprint density at radius 2 is 1.90 bits per heavy atom. The zero-order valence-corrected chi connectivity index (χ0v) is 18.3. The molecule has 7 heteroatoms. The van der Waals surface area contributed by atoms with Crippen molar-refractivity contribution >= 4 is 61.4 Å². The van der Waals surface area contributed by atoms with Crippen molar-refractivity contribution in [2.45, 2.75) is 6.92 Å². The molecule has 1 aromatic heterocycles. The average Bonchev–Trinajstić information content (AvgIpc) is 3.12. The first kappa shape index (κ1) is 19.7. The van der Waals surface area contributed by atoms with E-state index in [1.807, 2.05) is 43.3 Å². The topological polar surface area (TPSA) is 45.6 Å². The lowest BCUT2D eigenvalue weighted by Gasteiger charge is -2.14. The van der Waals surface area contributed by atoms with E-state index in [4.69, 9.17) is 0 Å². The molecule has 4 nitrogen and oxygen atoms in total. The summed E-state index contributed by atoms with van der Waals surface area (Å²) < 4.78 is 15.0. The predicted octanol–water partition coefficient (Wildman–Crippen LogP) is 6.03. The normalized spacial score (nSPS) is 11.3. The molecule has 0 radical (unpaired) electrons. The highest BCUT2D eigenvalue weighted by Crippen LogP contribution is 2.31. The van der Waals surface area contributed by atoms with Crippen LogP contribution >= 0.6 is 33.9 Å². The summed E-state index contributed by atoms with van der Waals surface area (Å²) in [5, 5.41) is 6.20. The molecule has 144 valence electrons. The number of hydrogen-bond donors (Lipinski definition) is 0. The second-order valence-electron chi connectivity index (χ2n) is 6.36.